The monoisotopic (exact) mass is 468 g/mol. The number of rotatable bonds is 1. The van der Waals surface area contributed by atoms with E-state index in [0.717, 1.165) is 15.6 Å². The third kappa shape index (κ3) is 3.02. The molecule has 1 aliphatic heterocycles. The van der Waals surface area contributed by atoms with Gasteiger partial charge in [0.2, 0.25) is 0 Å². The van der Waals surface area contributed by atoms with E-state index < -0.39 is 0 Å². The van der Waals surface area contributed by atoms with Gasteiger partial charge in [0, 0.05) is 19.0 Å². The fourth-order valence-corrected chi connectivity index (χ4v) is 6.34. The van der Waals surface area contributed by atoms with Gasteiger partial charge in [-0.15, -0.1) is 11.3 Å². The third-order valence-electron chi connectivity index (χ3n) is 5.21. The van der Waals surface area contributed by atoms with E-state index in [4.69, 9.17) is 11.6 Å². The van der Waals surface area contributed by atoms with Gasteiger partial charge in [0.1, 0.15) is 19.4 Å². The quantitative estimate of drug-likeness (QED) is 0.466. The molecule has 0 spiro atoms. The van der Waals surface area contributed by atoms with Crippen molar-refractivity contribution in [2.45, 2.75) is 4.90 Å². The minimum Gasteiger partial charge on any atom is -0.337 e. The second-order valence-electron chi connectivity index (χ2n) is 7.09. The van der Waals surface area contributed by atoms with Gasteiger partial charge in [-0.3, -0.25) is 14.7 Å². The first-order valence-corrected chi connectivity index (χ1v) is 11.4. The zero-order valence-corrected chi connectivity index (χ0v) is 19.1. The number of H-pyrrole nitrogens is 1. The fraction of sp³-hybridized carbons (Fsp3) is 0.0909. The Hall–Kier alpha value is -2.94. The van der Waals surface area contributed by atoms with Crippen LogP contribution >= 0.6 is 34.7 Å². The maximum Gasteiger partial charge on any atom is 0.282 e. The van der Waals surface area contributed by atoms with E-state index in [1.165, 1.54) is 20.6 Å². The number of thioether (sulfide) groups is 1. The predicted octanol–water partition coefficient (Wildman–Crippen LogP) is 2.58. The van der Waals surface area contributed by atoms with Crippen molar-refractivity contribution < 1.29 is 0 Å². The topological polar surface area (TPSA) is 63.0 Å². The summed E-state index contributed by atoms with van der Waals surface area (Å²) in [4.78, 5) is 29.5. The molecule has 5 rings (SSSR count). The van der Waals surface area contributed by atoms with Gasteiger partial charge in [0.15, 0.2) is 0 Å². The van der Waals surface area contributed by atoms with Crippen molar-refractivity contribution in [1.82, 2.24) is 14.3 Å². The molecule has 0 amide bonds. The fourth-order valence-electron chi connectivity index (χ4n) is 3.61. The third-order valence-corrected chi connectivity index (χ3v) is 8.14. The Morgan fingerprint density at radius 2 is 1.65 bits per heavy atom. The van der Waals surface area contributed by atoms with Crippen LogP contribution in [0.1, 0.15) is 0 Å². The first-order chi connectivity index (χ1) is 14.9. The van der Waals surface area contributed by atoms with Crippen LogP contribution in [0.4, 0.5) is 5.69 Å². The molecule has 3 heterocycles. The summed E-state index contributed by atoms with van der Waals surface area (Å²) < 4.78 is 4.02. The molecule has 156 valence electrons. The number of aromatic amines is 1. The first-order valence-electron chi connectivity index (χ1n) is 9.38. The predicted molar refractivity (Wildman–Crippen MR) is 128 cm³/mol. The molecule has 0 saturated heterocycles. The van der Waals surface area contributed by atoms with Gasteiger partial charge in [0.25, 0.3) is 11.1 Å². The number of halogens is 1. The van der Waals surface area contributed by atoms with Crippen LogP contribution in [0.5, 0.6) is 0 Å². The van der Waals surface area contributed by atoms with Gasteiger partial charge in [-0.2, -0.15) is 0 Å². The molecule has 0 atom stereocenters. The highest BCUT2D eigenvalue weighted by molar-refractivity contribution is 8.08. The molecule has 9 heteroatoms. The molecule has 0 unspecified atom stereocenters. The lowest BCUT2D eigenvalue weighted by Crippen LogP contribution is -2.30. The molecule has 6 nitrogen and oxygen atoms in total. The average molecular weight is 469 g/mol. The average Bonchev–Trinajstić information content (AvgIpc) is 3.35. The SMILES string of the molecule is C=c1[nH]n(-c2ccccc2Cl)c(=O)c1=c1sc(=C2Sc3ccccc3N2C)c(=O)n1C. The van der Waals surface area contributed by atoms with Gasteiger partial charge in [-0.25, -0.2) is 4.68 Å². The molecule has 0 aliphatic carbocycles. The van der Waals surface area contributed by atoms with E-state index in [1.54, 1.807) is 43.1 Å². The van der Waals surface area contributed by atoms with Crippen molar-refractivity contribution in [2.24, 2.45) is 7.05 Å². The largest absolute Gasteiger partial charge is 0.337 e. The summed E-state index contributed by atoms with van der Waals surface area (Å²) in [7, 11) is 3.62. The van der Waals surface area contributed by atoms with E-state index >= 15 is 0 Å². The van der Waals surface area contributed by atoms with E-state index in [-0.39, 0.29) is 11.1 Å². The normalized spacial score (nSPS) is 16.0. The van der Waals surface area contributed by atoms with Crippen LogP contribution in [-0.4, -0.2) is 21.4 Å². The van der Waals surface area contributed by atoms with Crippen LogP contribution in [-0.2, 0) is 7.05 Å². The Balaban J connectivity index is 1.85. The Morgan fingerprint density at radius 1 is 0.968 bits per heavy atom. The summed E-state index contributed by atoms with van der Waals surface area (Å²) in [5, 5.41) is 5.07. The number of hydrogen-bond donors (Lipinski definition) is 1. The minimum absolute atomic E-state index is 0.147. The lowest BCUT2D eigenvalue weighted by atomic mass is 10.3. The van der Waals surface area contributed by atoms with Gasteiger partial charge in [-0.05, 0) is 24.3 Å². The zero-order valence-electron chi connectivity index (χ0n) is 16.7. The Labute approximate surface area is 189 Å². The van der Waals surface area contributed by atoms with E-state index in [0.29, 0.717) is 30.5 Å². The standard InChI is InChI=1S/C22H17ClN4O2S2/c1-12-17(19(28)27(24-12)14-9-5-4-8-13(14)23)21-26(3)20(29)18(31-21)22-25(2)15-10-6-7-11-16(15)30-22/h4-11,24H,1H2,2-3H3. The number of nitrogens with one attached hydrogen (secondary N) is 1. The summed E-state index contributed by atoms with van der Waals surface area (Å²) in [5.74, 6) is 0. The van der Waals surface area contributed by atoms with E-state index in [9.17, 15) is 9.59 Å². The summed E-state index contributed by atoms with van der Waals surface area (Å²) in [6.07, 6.45) is 0. The second-order valence-corrected chi connectivity index (χ2v) is 9.53. The number of aromatic nitrogens is 3. The van der Waals surface area contributed by atoms with Crippen molar-refractivity contribution in [3.05, 3.63) is 94.0 Å². The van der Waals surface area contributed by atoms with Crippen molar-refractivity contribution in [2.75, 3.05) is 11.9 Å². The molecular weight excluding hydrogens is 452 g/mol. The lowest BCUT2D eigenvalue weighted by Gasteiger charge is -2.11. The van der Waals surface area contributed by atoms with Crippen molar-refractivity contribution in [3.63, 3.8) is 0 Å². The van der Waals surface area contributed by atoms with Crippen LogP contribution in [0, 0.1) is 9.88 Å². The van der Waals surface area contributed by atoms with Crippen LogP contribution < -0.4 is 25.9 Å². The van der Waals surface area contributed by atoms with Gasteiger partial charge in [-0.1, -0.05) is 54.2 Å². The summed E-state index contributed by atoms with van der Waals surface area (Å²) in [6.45, 7) is 4.01. The van der Waals surface area contributed by atoms with Crippen LogP contribution in [0.25, 0.3) is 17.3 Å². The van der Waals surface area contributed by atoms with E-state index in [2.05, 4.69) is 11.7 Å². The number of benzene rings is 2. The van der Waals surface area contributed by atoms with Gasteiger partial charge < -0.3 is 9.47 Å². The molecule has 0 fully saturated rings. The zero-order chi connectivity index (χ0) is 21.9. The van der Waals surface area contributed by atoms with Crippen LogP contribution in [0.15, 0.2) is 63.0 Å². The van der Waals surface area contributed by atoms with Crippen molar-refractivity contribution in [3.8, 4) is 5.69 Å². The van der Waals surface area contributed by atoms with Gasteiger partial charge in [0.05, 0.1) is 21.7 Å². The number of thiazole rings is 1. The molecule has 0 bridgehead atoms. The summed E-state index contributed by atoms with van der Waals surface area (Å²) in [5.41, 5.74) is 1.14. The summed E-state index contributed by atoms with van der Waals surface area (Å²) >= 11 is 9.13. The molecule has 1 N–H and O–H groups in total. The number of fused-ring (bicyclic) bond motifs is 1. The molecule has 4 aromatic rings. The van der Waals surface area contributed by atoms with Crippen LogP contribution in [0.3, 0.4) is 0 Å². The maximum absolute atomic E-state index is 13.3. The Morgan fingerprint density at radius 3 is 2.35 bits per heavy atom. The van der Waals surface area contributed by atoms with Crippen molar-refractivity contribution >= 4 is 52.0 Å². The smallest absolute Gasteiger partial charge is 0.282 e. The molecule has 2 aromatic carbocycles. The highest BCUT2D eigenvalue weighted by Gasteiger charge is 2.24. The molecule has 1 aliphatic rings. The number of anilines is 1. The lowest BCUT2D eigenvalue weighted by molar-refractivity contribution is 0.836. The first kappa shape index (κ1) is 20.0. The highest BCUT2D eigenvalue weighted by atomic mass is 35.5. The van der Waals surface area contributed by atoms with E-state index in [1.807, 2.05) is 36.2 Å². The Bertz CT molecular complexity index is 1680. The summed E-state index contributed by atoms with van der Waals surface area (Å²) in [6, 6.07) is 15.1. The molecular formula is C22H17ClN4O2S2. The molecule has 0 radical (unpaired) electrons. The maximum atomic E-state index is 13.3. The second kappa shape index (κ2) is 7.33. The number of para-hydroxylation sites is 2. The minimum atomic E-state index is -0.304. The molecule has 31 heavy (non-hydrogen) atoms. The molecule has 2 aromatic heterocycles. The Kier molecular flexibility index (Phi) is 4.73. The number of hydrogen-bond acceptors (Lipinski definition) is 5. The van der Waals surface area contributed by atoms with Crippen molar-refractivity contribution in [1.29, 1.82) is 0 Å². The highest BCUT2D eigenvalue weighted by Crippen LogP contribution is 2.44. The molecule has 0 saturated carbocycles. The van der Waals surface area contributed by atoms with Gasteiger partial charge >= 0.3 is 0 Å². The number of nitrogens with zero attached hydrogens (tertiary/aromatic N) is 3. The van der Waals surface area contributed by atoms with Crippen LogP contribution in [0.2, 0.25) is 5.02 Å².